The molecule has 0 bridgehead atoms. The minimum Gasteiger partial charge on any atom is -0.331 e. The first-order valence-electron chi connectivity index (χ1n) is 5.77. The quantitative estimate of drug-likeness (QED) is 0.686. The molecule has 4 nitrogen and oxygen atoms in total. The number of halogens is 1. The number of hydrogen-bond donors (Lipinski definition) is 0. The van der Waals surface area contributed by atoms with E-state index >= 15 is 0 Å². The predicted molar refractivity (Wildman–Crippen MR) is 61.2 cm³/mol. The summed E-state index contributed by atoms with van der Waals surface area (Å²) in [5.41, 5.74) is 0. The molecule has 0 saturated carbocycles. The number of amides is 2. The van der Waals surface area contributed by atoms with E-state index < -0.39 is 0 Å². The van der Waals surface area contributed by atoms with Gasteiger partial charge in [-0.2, -0.15) is 0 Å². The van der Waals surface area contributed by atoms with Crippen molar-refractivity contribution in [3.8, 4) is 0 Å². The molecule has 2 saturated heterocycles. The van der Waals surface area contributed by atoms with Crippen LogP contribution in [0.25, 0.3) is 0 Å². The standard InChI is InChI=1S/C11H17ClN2O2/c1-8(5-12)6-13-7-10(15)14-4-2-3-9(14)11(13)16/h8-9H,2-7H2,1H3. The van der Waals surface area contributed by atoms with Crippen LogP contribution in [0, 0.1) is 5.92 Å². The van der Waals surface area contributed by atoms with Crippen molar-refractivity contribution >= 4 is 23.4 Å². The van der Waals surface area contributed by atoms with Gasteiger partial charge in [0.2, 0.25) is 11.8 Å². The second-order valence-corrected chi connectivity index (χ2v) is 5.03. The Morgan fingerprint density at radius 3 is 2.94 bits per heavy atom. The van der Waals surface area contributed by atoms with Crippen LogP contribution < -0.4 is 0 Å². The van der Waals surface area contributed by atoms with Crippen molar-refractivity contribution < 1.29 is 9.59 Å². The van der Waals surface area contributed by atoms with Gasteiger partial charge in [-0.1, -0.05) is 6.92 Å². The number of hydrogen-bond acceptors (Lipinski definition) is 2. The van der Waals surface area contributed by atoms with Crippen molar-refractivity contribution in [1.29, 1.82) is 0 Å². The number of fused-ring (bicyclic) bond motifs is 1. The summed E-state index contributed by atoms with van der Waals surface area (Å²) < 4.78 is 0. The molecule has 0 aromatic carbocycles. The topological polar surface area (TPSA) is 40.6 Å². The molecule has 0 aromatic rings. The van der Waals surface area contributed by atoms with E-state index in [0.717, 1.165) is 19.4 Å². The van der Waals surface area contributed by atoms with Crippen molar-refractivity contribution in [2.24, 2.45) is 5.92 Å². The molecular weight excluding hydrogens is 228 g/mol. The third-order valence-electron chi connectivity index (χ3n) is 3.29. The van der Waals surface area contributed by atoms with Crippen molar-refractivity contribution in [1.82, 2.24) is 9.80 Å². The highest BCUT2D eigenvalue weighted by atomic mass is 35.5. The monoisotopic (exact) mass is 244 g/mol. The Morgan fingerprint density at radius 1 is 1.50 bits per heavy atom. The lowest BCUT2D eigenvalue weighted by Crippen LogP contribution is -2.58. The Kier molecular flexibility index (Phi) is 3.38. The van der Waals surface area contributed by atoms with E-state index in [4.69, 9.17) is 11.6 Å². The van der Waals surface area contributed by atoms with Gasteiger partial charge in [0.05, 0.1) is 6.54 Å². The zero-order valence-corrected chi connectivity index (χ0v) is 10.2. The van der Waals surface area contributed by atoms with E-state index in [2.05, 4.69) is 0 Å². The lowest BCUT2D eigenvalue weighted by atomic mass is 10.1. The van der Waals surface area contributed by atoms with Crippen molar-refractivity contribution in [2.75, 3.05) is 25.5 Å². The molecule has 2 fully saturated rings. The van der Waals surface area contributed by atoms with Crippen LogP contribution in [-0.2, 0) is 9.59 Å². The number of carbonyl (C=O) groups excluding carboxylic acids is 2. The second kappa shape index (κ2) is 4.62. The Balaban J connectivity index is 2.05. The minimum atomic E-state index is -0.191. The fourth-order valence-electron chi connectivity index (χ4n) is 2.44. The smallest absolute Gasteiger partial charge is 0.245 e. The molecule has 2 atom stereocenters. The summed E-state index contributed by atoms with van der Waals surface area (Å²) in [5.74, 6) is 0.955. The van der Waals surface area contributed by atoms with E-state index in [1.165, 1.54) is 0 Å². The minimum absolute atomic E-state index is 0.0869. The molecule has 2 unspecified atom stereocenters. The van der Waals surface area contributed by atoms with Crippen LogP contribution in [0.2, 0.25) is 0 Å². The molecule has 0 spiro atoms. The summed E-state index contributed by atoms with van der Waals surface area (Å²) in [4.78, 5) is 27.3. The van der Waals surface area contributed by atoms with Crippen LogP contribution >= 0.6 is 11.6 Å². The van der Waals surface area contributed by atoms with Crippen LogP contribution in [0.3, 0.4) is 0 Å². The third-order valence-corrected chi connectivity index (χ3v) is 3.82. The molecule has 5 heteroatoms. The van der Waals surface area contributed by atoms with Gasteiger partial charge in [-0.15, -0.1) is 11.6 Å². The first kappa shape index (κ1) is 11.7. The Labute approximate surface area is 101 Å². The van der Waals surface area contributed by atoms with Gasteiger partial charge in [-0.05, 0) is 18.8 Å². The van der Waals surface area contributed by atoms with Gasteiger partial charge < -0.3 is 9.80 Å². The number of rotatable bonds is 3. The highest BCUT2D eigenvalue weighted by Gasteiger charge is 2.41. The number of piperazine rings is 1. The number of alkyl halides is 1. The maximum atomic E-state index is 12.1. The first-order valence-corrected chi connectivity index (χ1v) is 6.31. The summed E-state index contributed by atoms with van der Waals surface area (Å²) in [7, 11) is 0. The van der Waals surface area contributed by atoms with Crippen molar-refractivity contribution in [3.63, 3.8) is 0 Å². The lowest BCUT2D eigenvalue weighted by Gasteiger charge is -2.37. The molecule has 16 heavy (non-hydrogen) atoms. The van der Waals surface area contributed by atoms with E-state index in [0.29, 0.717) is 12.4 Å². The van der Waals surface area contributed by atoms with Crippen LogP contribution in [-0.4, -0.2) is 53.2 Å². The van der Waals surface area contributed by atoms with Crippen LogP contribution in [0.15, 0.2) is 0 Å². The van der Waals surface area contributed by atoms with E-state index in [1.807, 2.05) is 6.92 Å². The largest absolute Gasteiger partial charge is 0.331 e. The van der Waals surface area contributed by atoms with Crippen LogP contribution in [0.4, 0.5) is 0 Å². The van der Waals surface area contributed by atoms with Crippen molar-refractivity contribution in [3.05, 3.63) is 0 Å². The van der Waals surface area contributed by atoms with Crippen LogP contribution in [0.5, 0.6) is 0 Å². The zero-order chi connectivity index (χ0) is 11.7. The zero-order valence-electron chi connectivity index (χ0n) is 9.49. The fraction of sp³-hybridized carbons (Fsp3) is 0.818. The molecule has 90 valence electrons. The van der Waals surface area contributed by atoms with Gasteiger partial charge >= 0.3 is 0 Å². The van der Waals surface area contributed by atoms with E-state index in [9.17, 15) is 9.59 Å². The molecule has 0 aliphatic carbocycles. The summed E-state index contributed by atoms with van der Waals surface area (Å²) in [6.45, 7) is 3.56. The highest BCUT2D eigenvalue weighted by molar-refractivity contribution is 6.18. The van der Waals surface area contributed by atoms with Gasteiger partial charge in [-0.25, -0.2) is 0 Å². The van der Waals surface area contributed by atoms with Crippen molar-refractivity contribution in [2.45, 2.75) is 25.8 Å². The number of nitrogens with zero attached hydrogens (tertiary/aromatic N) is 2. The number of carbonyl (C=O) groups is 2. The van der Waals surface area contributed by atoms with Gasteiger partial charge in [-0.3, -0.25) is 9.59 Å². The van der Waals surface area contributed by atoms with Gasteiger partial charge in [0.15, 0.2) is 0 Å². The van der Waals surface area contributed by atoms with E-state index in [1.54, 1.807) is 9.80 Å². The van der Waals surface area contributed by atoms with E-state index in [-0.39, 0.29) is 30.3 Å². The maximum absolute atomic E-state index is 12.1. The summed E-state index contributed by atoms with van der Waals surface area (Å²) in [6.07, 6.45) is 1.76. The lowest BCUT2D eigenvalue weighted by molar-refractivity contribution is -0.153. The summed E-state index contributed by atoms with van der Waals surface area (Å²) >= 11 is 5.73. The first-order chi connectivity index (χ1) is 7.63. The molecular formula is C11H17ClN2O2. The Hall–Kier alpha value is -0.770. The molecule has 2 rings (SSSR count). The summed E-state index contributed by atoms with van der Waals surface area (Å²) in [5, 5.41) is 0. The fourth-order valence-corrected chi connectivity index (χ4v) is 2.54. The van der Waals surface area contributed by atoms with Crippen LogP contribution in [0.1, 0.15) is 19.8 Å². The maximum Gasteiger partial charge on any atom is 0.245 e. The molecule has 2 aliphatic heterocycles. The second-order valence-electron chi connectivity index (χ2n) is 4.72. The average Bonchev–Trinajstić information content (AvgIpc) is 2.74. The molecule has 2 heterocycles. The Bertz CT molecular complexity index is 308. The normalized spacial score (nSPS) is 27.2. The van der Waals surface area contributed by atoms with Gasteiger partial charge in [0.1, 0.15) is 6.04 Å². The third kappa shape index (κ3) is 2.03. The highest BCUT2D eigenvalue weighted by Crippen LogP contribution is 2.24. The molecule has 0 radical (unpaired) electrons. The Morgan fingerprint density at radius 2 is 2.25 bits per heavy atom. The van der Waals surface area contributed by atoms with Gasteiger partial charge in [0.25, 0.3) is 0 Å². The summed E-state index contributed by atoms with van der Waals surface area (Å²) in [6, 6.07) is -0.191. The molecule has 2 amide bonds. The molecule has 2 aliphatic rings. The van der Waals surface area contributed by atoms with Gasteiger partial charge in [0, 0.05) is 19.0 Å². The predicted octanol–water partition coefficient (Wildman–Crippen LogP) is 0.694. The average molecular weight is 245 g/mol. The SMILES string of the molecule is CC(CCl)CN1CC(=O)N2CCCC2C1=O. The molecule has 0 aromatic heterocycles. The molecule has 0 N–H and O–H groups in total.